The van der Waals surface area contributed by atoms with Crippen LogP contribution < -0.4 is 4.74 Å². The number of H-pyrrole nitrogens is 1. The minimum absolute atomic E-state index is 0.0437. The second-order valence-electron chi connectivity index (χ2n) is 5.04. The van der Waals surface area contributed by atoms with Crippen LogP contribution in [0.4, 0.5) is 0 Å². The van der Waals surface area contributed by atoms with Gasteiger partial charge in [0, 0.05) is 16.9 Å². The van der Waals surface area contributed by atoms with E-state index in [-0.39, 0.29) is 5.78 Å². The molecular formula is C17H17N3O2S2. The summed E-state index contributed by atoms with van der Waals surface area (Å²) in [5.41, 5.74) is 1.65. The SMILES string of the molecule is CCOc1ccc(C(C)=O)cc1CSc1n[nH]c(-c2cccs2)n1. The number of hydrogen-bond acceptors (Lipinski definition) is 6. The van der Waals surface area contributed by atoms with Crippen LogP contribution in [0.15, 0.2) is 40.9 Å². The second kappa shape index (κ2) is 7.63. The lowest BCUT2D eigenvalue weighted by atomic mass is 10.1. The average molecular weight is 359 g/mol. The molecule has 1 N–H and O–H groups in total. The number of aromatic amines is 1. The van der Waals surface area contributed by atoms with Crippen molar-refractivity contribution in [2.75, 3.05) is 6.61 Å². The molecule has 0 aliphatic rings. The van der Waals surface area contributed by atoms with E-state index in [0.29, 0.717) is 23.1 Å². The van der Waals surface area contributed by atoms with Gasteiger partial charge in [0.15, 0.2) is 11.6 Å². The van der Waals surface area contributed by atoms with Crippen LogP contribution in [-0.2, 0) is 5.75 Å². The van der Waals surface area contributed by atoms with Crippen LogP contribution in [0.2, 0.25) is 0 Å². The van der Waals surface area contributed by atoms with Crippen molar-refractivity contribution in [1.82, 2.24) is 15.2 Å². The summed E-state index contributed by atoms with van der Waals surface area (Å²) in [6.07, 6.45) is 0. The van der Waals surface area contributed by atoms with Gasteiger partial charge in [0.2, 0.25) is 5.16 Å². The van der Waals surface area contributed by atoms with Crippen LogP contribution in [0.1, 0.15) is 29.8 Å². The largest absolute Gasteiger partial charge is 0.494 e. The third kappa shape index (κ3) is 3.85. The molecule has 0 aliphatic heterocycles. The number of Topliss-reactive ketones (excluding diaryl/α,β-unsaturated/α-hetero) is 1. The Labute approximate surface area is 148 Å². The summed E-state index contributed by atoms with van der Waals surface area (Å²) in [7, 11) is 0. The molecule has 2 heterocycles. The number of thiophene rings is 1. The quantitative estimate of drug-likeness (QED) is 0.499. The van der Waals surface area contributed by atoms with Gasteiger partial charge < -0.3 is 4.74 Å². The van der Waals surface area contributed by atoms with E-state index >= 15 is 0 Å². The average Bonchev–Trinajstić information content (AvgIpc) is 3.25. The number of aromatic nitrogens is 3. The zero-order chi connectivity index (χ0) is 16.9. The fourth-order valence-electron chi connectivity index (χ4n) is 2.18. The van der Waals surface area contributed by atoms with Gasteiger partial charge in [0.25, 0.3) is 0 Å². The lowest BCUT2D eigenvalue weighted by molar-refractivity contribution is 0.101. The van der Waals surface area contributed by atoms with Crippen molar-refractivity contribution in [2.45, 2.75) is 24.8 Å². The minimum Gasteiger partial charge on any atom is -0.494 e. The summed E-state index contributed by atoms with van der Waals surface area (Å²) < 4.78 is 5.65. The third-order valence-electron chi connectivity index (χ3n) is 3.34. The second-order valence-corrected chi connectivity index (χ2v) is 6.93. The van der Waals surface area contributed by atoms with Crippen LogP contribution in [0.3, 0.4) is 0 Å². The van der Waals surface area contributed by atoms with Crippen molar-refractivity contribution in [3.05, 3.63) is 46.8 Å². The van der Waals surface area contributed by atoms with E-state index in [4.69, 9.17) is 4.74 Å². The number of ether oxygens (including phenoxy) is 1. The standard InChI is InChI=1S/C17H17N3O2S2/c1-3-22-14-7-6-12(11(2)21)9-13(14)10-24-17-18-16(19-20-17)15-5-4-8-23-15/h4-9H,3,10H2,1-2H3,(H,18,19,20). The first-order valence-electron chi connectivity index (χ1n) is 7.53. The van der Waals surface area contributed by atoms with Crippen molar-refractivity contribution in [2.24, 2.45) is 0 Å². The van der Waals surface area contributed by atoms with Gasteiger partial charge in [-0.15, -0.1) is 16.4 Å². The Morgan fingerprint density at radius 2 is 2.25 bits per heavy atom. The van der Waals surface area contributed by atoms with E-state index in [1.165, 1.54) is 11.8 Å². The molecule has 24 heavy (non-hydrogen) atoms. The van der Waals surface area contributed by atoms with Gasteiger partial charge in [-0.3, -0.25) is 9.89 Å². The van der Waals surface area contributed by atoms with E-state index in [1.54, 1.807) is 24.3 Å². The summed E-state index contributed by atoms with van der Waals surface area (Å²) in [6.45, 7) is 4.09. The lowest BCUT2D eigenvalue weighted by Crippen LogP contribution is -1.99. The first-order chi connectivity index (χ1) is 11.7. The van der Waals surface area contributed by atoms with Crippen LogP contribution in [0.25, 0.3) is 10.7 Å². The monoisotopic (exact) mass is 359 g/mol. The molecule has 0 amide bonds. The number of nitrogens with zero attached hydrogens (tertiary/aromatic N) is 2. The van der Waals surface area contributed by atoms with Crippen LogP contribution >= 0.6 is 23.1 Å². The van der Waals surface area contributed by atoms with E-state index in [0.717, 1.165) is 22.0 Å². The van der Waals surface area contributed by atoms with Crippen molar-refractivity contribution >= 4 is 28.9 Å². The highest BCUT2D eigenvalue weighted by Gasteiger charge is 2.11. The molecular weight excluding hydrogens is 342 g/mol. The number of thioether (sulfide) groups is 1. The smallest absolute Gasteiger partial charge is 0.209 e. The van der Waals surface area contributed by atoms with Gasteiger partial charge in [0.05, 0.1) is 11.5 Å². The molecule has 0 spiro atoms. The van der Waals surface area contributed by atoms with Crippen molar-refractivity contribution < 1.29 is 9.53 Å². The number of rotatable bonds is 7. The highest BCUT2D eigenvalue weighted by atomic mass is 32.2. The Balaban J connectivity index is 1.75. The molecule has 0 unspecified atom stereocenters. The molecule has 2 aromatic heterocycles. The number of carbonyl (C=O) groups is 1. The van der Waals surface area contributed by atoms with Gasteiger partial charge in [-0.1, -0.05) is 17.8 Å². The Kier molecular flexibility index (Phi) is 5.32. The van der Waals surface area contributed by atoms with Crippen LogP contribution in [0.5, 0.6) is 5.75 Å². The molecule has 0 bridgehead atoms. The molecule has 0 aliphatic carbocycles. The molecule has 0 saturated heterocycles. The summed E-state index contributed by atoms with van der Waals surface area (Å²) in [6, 6.07) is 9.52. The van der Waals surface area contributed by atoms with Crippen LogP contribution in [-0.4, -0.2) is 27.6 Å². The normalized spacial score (nSPS) is 10.8. The molecule has 0 fully saturated rings. The maximum Gasteiger partial charge on any atom is 0.209 e. The number of ketones is 1. The van der Waals surface area contributed by atoms with Crippen LogP contribution in [0, 0.1) is 0 Å². The van der Waals surface area contributed by atoms with Crippen molar-refractivity contribution in [1.29, 1.82) is 0 Å². The summed E-state index contributed by atoms with van der Waals surface area (Å²) >= 11 is 3.13. The van der Waals surface area contributed by atoms with E-state index < -0.39 is 0 Å². The van der Waals surface area contributed by atoms with Gasteiger partial charge in [-0.25, -0.2) is 4.98 Å². The zero-order valence-corrected chi connectivity index (χ0v) is 15.0. The number of nitrogens with one attached hydrogen (secondary N) is 1. The molecule has 1 aromatic carbocycles. The lowest BCUT2D eigenvalue weighted by Gasteiger charge is -2.10. The number of benzene rings is 1. The molecule has 5 nitrogen and oxygen atoms in total. The number of hydrogen-bond donors (Lipinski definition) is 1. The summed E-state index contributed by atoms with van der Waals surface area (Å²) in [5.74, 6) is 2.25. The predicted molar refractivity (Wildman–Crippen MR) is 96.9 cm³/mol. The Morgan fingerprint density at radius 3 is 2.96 bits per heavy atom. The fraction of sp³-hybridized carbons (Fsp3) is 0.235. The van der Waals surface area contributed by atoms with Gasteiger partial charge in [0.1, 0.15) is 5.75 Å². The van der Waals surface area contributed by atoms with Gasteiger partial charge in [-0.2, -0.15) is 0 Å². The summed E-state index contributed by atoms with van der Waals surface area (Å²) in [4.78, 5) is 17.2. The molecule has 0 atom stereocenters. The van der Waals surface area contributed by atoms with Gasteiger partial charge >= 0.3 is 0 Å². The molecule has 124 valence electrons. The van der Waals surface area contributed by atoms with Crippen molar-refractivity contribution in [3.63, 3.8) is 0 Å². The highest BCUT2D eigenvalue weighted by molar-refractivity contribution is 7.98. The maximum atomic E-state index is 11.6. The Morgan fingerprint density at radius 1 is 1.38 bits per heavy atom. The maximum absolute atomic E-state index is 11.6. The first-order valence-corrected chi connectivity index (χ1v) is 9.39. The Bertz CT molecular complexity index is 828. The molecule has 3 aromatic rings. The molecule has 0 radical (unpaired) electrons. The summed E-state index contributed by atoms with van der Waals surface area (Å²) in [5, 5.41) is 9.88. The zero-order valence-electron chi connectivity index (χ0n) is 13.4. The predicted octanol–water partition coefficient (Wildman–Crippen LogP) is 4.43. The van der Waals surface area contributed by atoms with E-state index in [9.17, 15) is 4.79 Å². The molecule has 3 rings (SSSR count). The fourth-order valence-corrected chi connectivity index (χ4v) is 3.62. The van der Waals surface area contributed by atoms with E-state index in [1.807, 2.05) is 36.6 Å². The topological polar surface area (TPSA) is 67.9 Å². The number of carbonyl (C=O) groups excluding carboxylic acids is 1. The molecule has 7 heteroatoms. The third-order valence-corrected chi connectivity index (χ3v) is 5.12. The van der Waals surface area contributed by atoms with Crippen molar-refractivity contribution in [3.8, 4) is 16.5 Å². The minimum atomic E-state index is 0.0437. The highest BCUT2D eigenvalue weighted by Crippen LogP contribution is 2.29. The Hall–Kier alpha value is -2.12. The molecule has 0 saturated carbocycles. The first kappa shape index (κ1) is 16.7. The van der Waals surface area contributed by atoms with Gasteiger partial charge in [-0.05, 0) is 43.5 Å². The van der Waals surface area contributed by atoms with E-state index in [2.05, 4.69) is 15.2 Å².